The number of para-hydroxylation sites is 1. The van der Waals surface area contributed by atoms with Crippen LogP contribution in [0.15, 0.2) is 60.7 Å². The average molecular weight is 475 g/mol. The number of benzene rings is 3. The highest BCUT2D eigenvalue weighted by Crippen LogP contribution is 2.36. The lowest BCUT2D eigenvalue weighted by Gasteiger charge is -2.29. The molecule has 1 aliphatic rings. The normalized spacial score (nSPS) is 12.6. The van der Waals surface area contributed by atoms with E-state index < -0.39 is 6.09 Å². The van der Waals surface area contributed by atoms with Crippen LogP contribution in [0.2, 0.25) is 0 Å². The van der Waals surface area contributed by atoms with Crippen LogP contribution in [0.3, 0.4) is 0 Å². The summed E-state index contributed by atoms with van der Waals surface area (Å²) in [4.78, 5) is 26.9. The number of aryl methyl sites for hydroxylation is 2. The van der Waals surface area contributed by atoms with Crippen molar-refractivity contribution in [1.29, 1.82) is 0 Å². The SMILES string of the molecule is Cc1ccc(OCCCNC(=O)c2ccc3c(c2O)CCCN3C(=O)Oc2ccccc2)c(C)c1. The van der Waals surface area contributed by atoms with Crippen molar-refractivity contribution in [2.24, 2.45) is 0 Å². The van der Waals surface area contributed by atoms with Gasteiger partial charge >= 0.3 is 6.09 Å². The maximum Gasteiger partial charge on any atom is 0.419 e. The van der Waals surface area contributed by atoms with E-state index in [0.717, 1.165) is 11.3 Å². The summed E-state index contributed by atoms with van der Waals surface area (Å²) in [6.45, 7) is 5.40. The first-order chi connectivity index (χ1) is 16.9. The highest BCUT2D eigenvalue weighted by atomic mass is 16.6. The Morgan fingerprint density at radius 1 is 1.06 bits per heavy atom. The monoisotopic (exact) mass is 474 g/mol. The number of phenols is 1. The molecule has 0 fully saturated rings. The summed E-state index contributed by atoms with van der Waals surface area (Å²) in [5.41, 5.74) is 3.59. The number of fused-ring (bicyclic) bond motifs is 1. The Hall–Kier alpha value is -4.00. The van der Waals surface area contributed by atoms with Crippen LogP contribution >= 0.6 is 0 Å². The van der Waals surface area contributed by atoms with E-state index >= 15 is 0 Å². The molecule has 1 aliphatic heterocycles. The molecule has 0 saturated heterocycles. The maximum absolute atomic E-state index is 12.7. The molecule has 0 aliphatic carbocycles. The van der Waals surface area contributed by atoms with E-state index in [1.807, 2.05) is 32.0 Å². The molecule has 0 unspecified atom stereocenters. The molecule has 1 heterocycles. The van der Waals surface area contributed by atoms with Gasteiger partial charge in [0.2, 0.25) is 0 Å². The highest BCUT2D eigenvalue weighted by molar-refractivity contribution is 5.99. The zero-order chi connectivity index (χ0) is 24.8. The molecule has 0 spiro atoms. The first-order valence-corrected chi connectivity index (χ1v) is 11.8. The Morgan fingerprint density at radius 2 is 1.86 bits per heavy atom. The van der Waals surface area contributed by atoms with Crippen molar-refractivity contribution in [2.45, 2.75) is 33.1 Å². The molecule has 0 atom stereocenters. The van der Waals surface area contributed by atoms with Crippen molar-refractivity contribution < 1.29 is 24.2 Å². The average Bonchev–Trinajstić information content (AvgIpc) is 2.85. The number of anilines is 1. The second-order valence-electron chi connectivity index (χ2n) is 8.62. The minimum absolute atomic E-state index is 0.0938. The molecule has 4 rings (SSSR count). The van der Waals surface area contributed by atoms with Gasteiger partial charge in [-0.1, -0.05) is 35.9 Å². The lowest BCUT2D eigenvalue weighted by atomic mass is 9.97. The van der Waals surface area contributed by atoms with Crippen molar-refractivity contribution >= 4 is 17.7 Å². The first kappa shape index (κ1) is 24.1. The molecule has 3 aromatic rings. The Morgan fingerprint density at radius 3 is 2.63 bits per heavy atom. The van der Waals surface area contributed by atoms with Crippen LogP contribution in [0, 0.1) is 13.8 Å². The van der Waals surface area contributed by atoms with Gasteiger partial charge in [-0.3, -0.25) is 9.69 Å². The van der Waals surface area contributed by atoms with Gasteiger partial charge in [-0.25, -0.2) is 4.79 Å². The van der Waals surface area contributed by atoms with Crippen LogP contribution in [-0.4, -0.2) is 36.8 Å². The summed E-state index contributed by atoms with van der Waals surface area (Å²) < 4.78 is 11.3. The molecule has 7 heteroatoms. The van der Waals surface area contributed by atoms with Crippen LogP contribution in [0.25, 0.3) is 0 Å². The molecule has 35 heavy (non-hydrogen) atoms. The number of amides is 2. The molecule has 0 saturated carbocycles. The second-order valence-corrected chi connectivity index (χ2v) is 8.62. The number of nitrogens with zero attached hydrogens (tertiary/aromatic N) is 1. The van der Waals surface area contributed by atoms with Gasteiger partial charge < -0.3 is 19.9 Å². The minimum atomic E-state index is -0.516. The lowest BCUT2D eigenvalue weighted by molar-refractivity contribution is 0.0948. The molecule has 0 bridgehead atoms. The number of ether oxygens (including phenoxy) is 2. The van der Waals surface area contributed by atoms with Crippen LogP contribution in [0.1, 0.15) is 39.9 Å². The van der Waals surface area contributed by atoms with Gasteiger partial charge in [-0.2, -0.15) is 0 Å². The Bertz CT molecular complexity index is 1210. The molecular formula is C28H30N2O5. The van der Waals surface area contributed by atoms with Crippen LogP contribution in [-0.2, 0) is 6.42 Å². The van der Waals surface area contributed by atoms with Crippen LogP contribution < -0.4 is 19.7 Å². The predicted molar refractivity (Wildman–Crippen MR) is 135 cm³/mol. The van der Waals surface area contributed by atoms with Gasteiger partial charge in [0, 0.05) is 18.7 Å². The summed E-state index contributed by atoms with van der Waals surface area (Å²) in [5, 5.41) is 13.7. The zero-order valence-corrected chi connectivity index (χ0v) is 20.0. The first-order valence-electron chi connectivity index (χ1n) is 11.8. The largest absolute Gasteiger partial charge is 0.507 e. The highest BCUT2D eigenvalue weighted by Gasteiger charge is 2.28. The fraction of sp³-hybridized carbons (Fsp3) is 0.286. The van der Waals surface area contributed by atoms with Gasteiger partial charge in [0.1, 0.15) is 17.2 Å². The summed E-state index contributed by atoms with van der Waals surface area (Å²) in [5.74, 6) is 0.834. The number of aromatic hydroxyl groups is 1. The van der Waals surface area contributed by atoms with E-state index in [1.165, 1.54) is 10.5 Å². The maximum atomic E-state index is 12.7. The molecule has 0 radical (unpaired) electrons. The smallest absolute Gasteiger partial charge is 0.419 e. The minimum Gasteiger partial charge on any atom is -0.507 e. The molecule has 3 aromatic carbocycles. The Balaban J connectivity index is 1.35. The van der Waals surface area contributed by atoms with Gasteiger partial charge in [-0.15, -0.1) is 0 Å². The van der Waals surface area contributed by atoms with Crippen molar-refractivity contribution in [3.8, 4) is 17.2 Å². The summed E-state index contributed by atoms with van der Waals surface area (Å²) >= 11 is 0. The van der Waals surface area contributed by atoms with Crippen LogP contribution in [0.4, 0.5) is 10.5 Å². The molecule has 2 amide bonds. The standard InChI is InChI=1S/C28H30N2O5/c1-19-11-14-25(20(2)18-19)34-17-7-15-29-27(32)23-12-13-24-22(26(23)31)10-6-16-30(24)28(33)35-21-8-4-3-5-9-21/h3-5,8-9,11-14,18,31H,6-7,10,15-17H2,1-2H3,(H,29,32). The van der Waals surface area contributed by atoms with Crippen molar-refractivity contribution in [1.82, 2.24) is 5.32 Å². The topological polar surface area (TPSA) is 88.1 Å². The summed E-state index contributed by atoms with van der Waals surface area (Å²) in [6.07, 6.45) is 1.34. The zero-order valence-electron chi connectivity index (χ0n) is 20.0. The van der Waals surface area contributed by atoms with E-state index in [1.54, 1.807) is 36.4 Å². The van der Waals surface area contributed by atoms with E-state index in [0.29, 0.717) is 56.0 Å². The fourth-order valence-corrected chi connectivity index (χ4v) is 4.19. The van der Waals surface area contributed by atoms with Crippen molar-refractivity contribution in [3.63, 3.8) is 0 Å². The molecular weight excluding hydrogens is 444 g/mol. The number of hydrogen-bond donors (Lipinski definition) is 2. The number of carbonyl (C=O) groups is 2. The summed E-state index contributed by atoms with van der Waals surface area (Å²) in [7, 11) is 0. The van der Waals surface area contributed by atoms with Crippen LogP contribution in [0.5, 0.6) is 17.2 Å². The van der Waals surface area contributed by atoms with Crippen molar-refractivity contribution in [3.05, 3.63) is 82.9 Å². The van der Waals surface area contributed by atoms with E-state index in [2.05, 4.69) is 11.4 Å². The van der Waals surface area contributed by atoms with Gasteiger partial charge in [0.05, 0.1) is 17.9 Å². The number of phenolic OH excluding ortho intramolecular Hbond substituents is 1. The Labute approximate surface area is 205 Å². The molecule has 2 N–H and O–H groups in total. The van der Waals surface area contributed by atoms with Gasteiger partial charge in [-0.05, 0) is 69.0 Å². The fourth-order valence-electron chi connectivity index (χ4n) is 4.19. The number of nitrogens with one attached hydrogen (secondary N) is 1. The second kappa shape index (κ2) is 11.0. The summed E-state index contributed by atoms with van der Waals surface area (Å²) in [6, 6.07) is 18.1. The quantitative estimate of drug-likeness (QED) is 0.462. The lowest BCUT2D eigenvalue weighted by Crippen LogP contribution is -2.37. The van der Waals surface area contributed by atoms with E-state index in [4.69, 9.17) is 9.47 Å². The number of rotatable bonds is 7. The predicted octanol–water partition coefficient (Wildman–Crippen LogP) is 5.16. The number of hydrogen-bond acceptors (Lipinski definition) is 5. The third kappa shape index (κ3) is 5.74. The third-order valence-corrected chi connectivity index (χ3v) is 5.97. The van der Waals surface area contributed by atoms with Gasteiger partial charge in [0.25, 0.3) is 5.91 Å². The van der Waals surface area contributed by atoms with Gasteiger partial charge in [0.15, 0.2) is 0 Å². The number of carbonyl (C=O) groups excluding carboxylic acids is 2. The molecule has 7 nitrogen and oxygen atoms in total. The molecule has 182 valence electrons. The van der Waals surface area contributed by atoms with E-state index in [-0.39, 0.29) is 17.2 Å². The Kier molecular flexibility index (Phi) is 7.55. The third-order valence-electron chi connectivity index (χ3n) is 5.97. The molecule has 0 aromatic heterocycles. The van der Waals surface area contributed by atoms with E-state index in [9.17, 15) is 14.7 Å². The van der Waals surface area contributed by atoms with Crippen molar-refractivity contribution in [2.75, 3.05) is 24.6 Å².